The molecule has 3 rings (SSSR count). The zero-order valence-electron chi connectivity index (χ0n) is 13.5. The van der Waals surface area contributed by atoms with E-state index in [0.717, 1.165) is 35.6 Å². The Labute approximate surface area is 149 Å². The molecule has 24 heavy (non-hydrogen) atoms. The molecule has 1 aliphatic rings. The molecule has 1 N–H and O–H groups in total. The Balaban J connectivity index is 1.54. The normalized spacial score (nSPS) is 16.5. The smallest absolute Gasteiger partial charge is 0.358 e. The van der Waals surface area contributed by atoms with Crippen LogP contribution in [0.5, 0.6) is 0 Å². The highest BCUT2D eigenvalue weighted by molar-refractivity contribution is 7.20. The van der Waals surface area contributed by atoms with E-state index in [1.165, 1.54) is 17.8 Å². The second-order valence-electron chi connectivity index (χ2n) is 5.91. The Bertz CT molecular complexity index is 691. The van der Waals surface area contributed by atoms with Crippen molar-refractivity contribution in [2.75, 3.05) is 0 Å². The van der Waals surface area contributed by atoms with Crippen molar-refractivity contribution < 1.29 is 14.3 Å². The number of hydrogen-bond acceptors (Lipinski definition) is 6. The molecule has 0 spiro atoms. The van der Waals surface area contributed by atoms with Crippen molar-refractivity contribution in [3.05, 3.63) is 28.6 Å². The third-order valence-electron chi connectivity index (χ3n) is 4.05. The van der Waals surface area contributed by atoms with E-state index in [-0.39, 0.29) is 17.6 Å². The van der Waals surface area contributed by atoms with Crippen molar-refractivity contribution >= 4 is 34.6 Å². The summed E-state index contributed by atoms with van der Waals surface area (Å²) in [4.78, 5) is 29.7. The summed E-state index contributed by atoms with van der Waals surface area (Å²) < 4.78 is 5.27. The number of thiophene rings is 1. The molecule has 0 aromatic carbocycles. The summed E-state index contributed by atoms with van der Waals surface area (Å²) in [5, 5.41) is 7.39. The van der Waals surface area contributed by atoms with E-state index < -0.39 is 12.1 Å². The molecule has 2 aromatic rings. The van der Waals surface area contributed by atoms with Gasteiger partial charge in [-0.2, -0.15) is 0 Å². The van der Waals surface area contributed by atoms with Crippen LogP contribution >= 0.6 is 22.7 Å². The minimum absolute atomic E-state index is 0.206. The van der Waals surface area contributed by atoms with Crippen molar-refractivity contribution in [1.29, 1.82) is 0 Å². The predicted molar refractivity (Wildman–Crippen MR) is 95.3 cm³/mol. The zero-order valence-corrected chi connectivity index (χ0v) is 15.1. The van der Waals surface area contributed by atoms with Crippen molar-refractivity contribution in [1.82, 2.24) is 10.3 Å². The molecular formula is C17H20N2O3S2. The topological polar surface area (TPSA) is 68.3 Å². The first-order chi connectivity index (χ1) is 11.6. The van der Waals surface area contributed by atoms with E-state index >= 15 is 0 Å². The molecule has 0 bridgehead atoms. The first-order valence-electron chi connectivity index (χ1n) is 8.14. The first kappa shape index (κ1) is 17.1. The van der Waals surface area contributed by atoms with Crippen LogP contribution in [0.4, 0.5) is 0 Å². The lowest BCUT2D eigenvalue weighted by atomic mass is 9.95. The van der Waals surface area contributed by atoms with E-state index in [4.69, 9.17) is 4.74 Å². The third-order valence-corrected chi connectivity index (χ3v) is 5.93. The van der Waals surface area contributed by atoms with E-state index in [0.29, 0.717) is 0 Å². The minimum atomic E-state index is -0.814. The molecule has 5 nitrogen and oxygen atoms in total. The van der Waals surface area contributed by atoms with Crippen LogP contribution in [0.3, 0.4) is 0 Å². The Morgan fingerprint density at radius 1 is 1.29 bits per heavy atom. The van der Waals surface area contributed by atoms with Gasteiger partial charge in [0, 0.05) is 11.4 Å². The van der Waals surface area contributed by atoms with Gasteiger partial charge in [0.2, 0.25) is 0 Å². The highest BCUT2D eigenvalue weighted by Crippen LogP contribution is 2.28. The maximum Gasteiger partial charge on any atom is 0.358 e. The van der Waals surface area contributed by atoms with E-state index in [2.05, 4.69) is 10.3 Å². The highest BCUT2D eigenvalue weighted by Gasteiger charge is 2.24. The van der Waals surface area contributed by atoms with Crippen molar-refractivity contribution in [2.45, 2.75) is 51.2 Å². The minimum Gasteiger partial charge on any atom is -0.448 e. The Morgan fingerprint density at radius 3 is 2.79 bits per heavy atom. The summed E-state index contributed by atoms with van der Waals surface area (Å²) in [5.74, 6) is -0.788. The van der Waals surface area contributed by atoms with E-state index in [1.807, 2.05) is 17.5 Å². The van der Waals surface area contributed by atoms with Gasteiger partial charge >= 0.3 is 5.97 Å². The zero-order chi connectivity index (χ0) is 16.9. The molecule has 1 saturated carbocycles. The number of ether oxygens (including phenoxy) is 1. The van der Waals surface area contributed by atoms with Gasteiger partial charge in [-0.15, -0.1) is 22.7 Å². The van der Waals surface area contributed by atoms with Crippen LogP contribution < -0.4 is 5.32 Å². The van der Waals surface area contributed by atoms with Gasteiger partial charge in [0.05, 0.1) is 4.88 Å². The summed E-state index contributed by atoms with van der Waals surface area (Å²) in [5.41, 5.74) is 0.251. The number of aromatic nitrogens is 1. The molecule has 128 valence electrons. The number of carbonyl (C=O) groups excluding carboxylic acids is 2. The summed E-state index contributed by atoms with van der Waals surface area (Å²) in [6, 6.07) is 4.10. The molecule has 1 aliphatic carbocycles. The monoisotopic (exact) mass is 364 g/mol. The van der Waals surface area contributed by atoms with Crippen LogP contribution in [-0.2, 0) is 9.53 Å². The quantitative estimate of drug-likeness (QED) is 0.818. The Kier molecular flexibility index (Phi) is 5.63. The van der Waals surface area contributed by atoms with Gasteiger partial charge in [-0.1, -0.05) is 25.3 Å². The van der Waals surface area contributed by atoms with Crippen LogP contribution in [-0.4, -0.2) is 29.0 Å². The summed E-state index contributed by atoms with van der Waals surface area (Å²) >= 11 is 2.97. The van der Waals surface area contributed by atoms with Gasteiger partial charge in [-0.3, -0.25) is 4.79 Å². The standard InChI is InChI=1S/C17H20N2O3S2/c1-11(15(20)18-12-6-3-2-4-7-12)22-17(21)13-10-24-16(19-13)14-8-5-9-23-14/h5,8-12H,2-4,6-7H2,1H3,(H,18,20)/t11-/m1/s1. The lowest BCUT2D eigenvalue weighted by molar-refractivity contribution is -0.130. The molecule has 0 radical (unpaired) electrons. The highest BCUT2D eigenvalue weighted by atomic mass is 32.1. The van der Waals surface area contributed by atoms with Crippen molar-refractivity contribution in [3.8, 4) is 9.88 Å². The number of carbonyl (C=O) groups is 2. The molecule has 2 aromatic heterocycles. The Hall–Kier alpha value is -1.73. The molecule has 1 fully saturated rings. The number of rotatable bonds is 5. The van der Waals surface area contributed by atoms with Crippen molar-refractivity contribution in [3.63, 3.8) is 0 Å². The molecule has 0 aliphatic heterocycles. The van der Waals surface area contributed by atoms with Crippen LogP contribution in [0, 0.1) is 0 Å². The summed E-state index contributed by atoms with van der Waals surface area (Å²) in [6.45, 7) is 1.60. The molecule has 0 saturated heterocycles. The van der Waals surface area contributed by atoms with E-state index in [9.17, 15) is 9.59 Å². The SMILES string of the molecule is C[C@@H](OC(=O)c1csc(-c2cccs2)n1)C(=O)NC1CCCCC1. The maximum atomic E-state index is 12.2. The average Bonchev–Trinajstić information content (AvgIpc) is 3.27. The van der Waals surface area contributed by atoms with Crippen LogP contribution in [0.2, 0.25) is 0 Å². The summed E-state index contributed by atoms with van der Waals surface area (Å²) in [6.07, 6.45) is 4.71. The Morgan fingerprint density at radius 2 is 2.08 bits per heavy atom. The van der Waals surface area contributed by atoms with Gasteiger partial charge < -0.3 is 10.1 Å². The van der Waals surface area contributed by atoms with Crippen LogP contribution in [0.15, 0.2) is 22.9 Å². The molecule has 1 amide bonds. The third kappa shape index (κ3) is 4.21. The average molecular weight is 364 g/mol. The largest absolute Gasteiger partial charge is 0.448 e. The number of nitrogens with zero attached hydrogens (tertiary/aromatic N) is 1. The molecular weight excluding hydrogens is 344 g/mol. The number of esters is 1. The van der Waals surface area contributed by atoms with Crippen molar-refractivity contribution in [2.24, 2.45) is 0 Å². The fourth-order valence-corrected chi connectivity index (χ4v) is 4.32. The number of nitrogens with one attached hydrogen (secondary N) is 1. The lowest BCUT2D eigenvalue weighted by Gasteiger charge is -2.24. The first-order valence-corrected chi connectivity index (χ1v) is 9.90. The lowest BCUT2D eigenvalue weighted by Crippen LogP contribution is -2.42. The van der Waals surface area contributed by atoms with Gasteiger partial charge in [-0.25, -0.2) is 9.78 Å². The second-order valence-corrected chi connectivity index (χ2v) is 7.71. The summed E-state index contributed by atoms with van der Waals surface area (Å²) in [7, 11) is 0. The van der Waals surface area contributed by atoms with Crippen LogP contribution in [0.25, 0.3) is 9.88 Å². The van der Waals surface area contributed by atoms with Gasteiger partial charge in [0.1, 0.15) is 5.01 Å². The fraction of sp³-hybridized carbons (Fsp3) is 0.471. The second kappa shape index (κ2) is 7.90. The van der Waals surface area contributed by atoms with Crippen LogP contribution in [0.1, 0.15) is 49.5 Å². The van der Waals surface area contributed by atoms with Gasteiger partial charge in [0.25, 0.3) is 5.91 Å². The molecule has 1 atom stereocenters. The maximum absolute atomic E-state index is 12.2. The number of amides is 1. The fourth-order valence-electron chi connectivity index (χ4n) is 2.72. The number of hydrogen-bond donors (Lipinski definition) is 1. The number of thiazole rings is 1. The predicted octanol–water partition coefficient (Wildman–Crippen LogP) is 3.87. The molecule has 2 heterocycles. The van der Waals surface area contributed by atoms with E-state index in [1.54, 1.807) is 23.6 Å². The molecule has 0 unspecified atom stereocenters. The van der Waals surface area contributed by atoms with Gasteiger partial charge in [-0.05, 0) is 31.2 Å². The molecule has 7 heteroatoms. The van der Waals surface area contributed by atoms with Gasteiger partial charge in [0.15, 0.2) is 11.8 Å².